The van der Waals surface area contributed by atoms with Gasteiger partial charge in [0.2, 0.25) is 5.91 Å². The number of hydrogen-bond acceptors (Lipinski definition) is 1. The molecule has 0 N–H and O–H groups in total. The summed E-state index contributed by atoms with van der Waals surface area (Å²) in [5.74, 6) is 0.219. The first-order chi connectivity index (χ1) is 4.34. The van der Waals surface area contributed by atoms with Crippen LogP contribution in [0.15, 0.2) is 6.08 Å². The van der Waals surface area contributed by atoms with E-state index in [9.17, 15) is 4.79 Å². The van der Waals surface area contributed by atoms with Gasteiger partial charge in [0.1, 0.15) is 0 Å². The Morgan fingerprint density at radius 1 is 1.89 bits per heavy atom. The maximum atomic E-state index is 10.9. The molecule has 0 atom stereocenters. The van der Waals surface area contributed by atoms with Crippen LogP contribution in [0.3, 0.4) is 0 Å². The van der Waals surface area contributed by atoms with Crippen LogP contribution < -0.4 is 0 Å². The minimum Gasteiger partial charge on any atom is -0.335 e. The van der Waals surface area contributed by atoms with Crippen LogP contribution in [-0.2, 0) is 4.79 Å². The van der Waals surface area contributed by atoms with Crippen LogP contribution in [-0.4, -0.2) is 23.9 Å². The molecule has 1 amide bonds. The lowest BCUT2D eigenvalue weighted by Crippen LogP contribution is -2.27. The molecule has 0 saturated heterocycles. The van der Waals surface area contributed by atoms with Gasteiger partial charge in [0.05, 0.1) is 0 Å². The topological polar surface area (TPSA) is 20.3 Å². The van der Waals surface area contributed by atoms with E-state index < -0.39 is 0 Å². The van der Waals surface area contributed by atoms with Gasteiger partial charge in [-0.25, -0.2) is 0 Å². The predicted molar refractivity (Wildman–Crippen MR) is 34.7 cm³/mol. The Morgan fingerprint density at radius 2 is 2.67 bits per heavy atom. The van der Waals surface area contributed by atoms with Crippen molar-refractivity contribution >= 4 is 5.91 Å². The van der Waals surface area contributed by atoms with E-state index in [-0.39, 0.29) is 5.91 Å². The normalized spacial score (nSPS) is 16.8. The van der Waals surface area contributed by atoms with E-state index in [1.165, 1.54) is 0 Å². The Morgan fingerprint density at radius 3 is 3.11 bits per heavy atom. The van der Waals surface area contributed by atoms with Crippen molar-refractivity contribution in [2.75, 3.05) is 13.1 Å². The van der Waals surface area contributed by atoms with Crippen molar-refractivity contribution in [3.63, 3.8) is 0 Å². The van der Waals surface area contributed by atoms with E-state index in [4.69, 9.17) is 0 Å². The molecule has 0 aliphatic carbocycles. The summed E-state index contributed by atoms with van der Waals surface area (Å²) in [7, 11) is 0. The van der Waals surface area contributed by atoms with Crippen LogP contribution in [0.1, 0.15) is 13.3 Å². The lowest BCUT2D eigenvalue weighted by Gasteiger charge is -2.12. The van der Waals surface area contributed by atoms with Crippen molar-refractivity contribution in [2.45, 2.75) is 13.3 Å². The smallest absolute Gasteiger partial charge is 0.222 e. The van der Waals surface area contributed by atoms with Crippen LogP contribution in [0.2, 0.25) is 0 Å². The van der Waals surface area contributed by atoms with E-state index in [2.05, 4.69) is 6.08 Å². The fourth-order valence-corrected chi connectivity index (χ4v) is 0.828. The molecule has 0 aromatic heterocycles. The Labute approximate surface area is 55.2 Å². The van der Waals surface area contributed by atoms with Crippen LogP contribution in [0.25, 0.3) is 0 Å². The summed E-state index contributed by atoms with van der Waals surface area (Å²) in [5, 5.41) is 0. The third kappa shape index (κ3) is 1.31. The number of amides is 1. The Balaban J connectivity index is 2.36. The maximum Gasteiger partial charge on any atom is 0.222 e. The number of carbonyl (C=O) groups excluding carboxylic acids is 1. The van der Waals surface area contributed by atoms with Crippen molar-refractivity contribution in [3.05, 3.63) is 12.2 Å². The van der Waals surface area contributed by atoms with Gasteiger partial charge >= 0.3 is 0 Å². The van der Waals surface area contributed by atoms with Crippen molar-refractivity contribution < 1.29 is 4.79 Å². The number of hydrogen-bond donors (Lipinski definition) is 0. The predicted octanol–water partition coefficient (Wildman–Crippen LogP) is 0.598. The number of nitrogens with zero attached hydrogens (tertiary/aromatic N) is 1. The zero-order chi connectivity index (χ0) is 6.69. The summed E-state index contributed by atoms with van der Waals surface area (Å²) in [6, 6.07) is 0. The molecule has 0 aromatic carbocycles. The molecule has 0 bridgehead atoms. The molecular formula is C7H10NO. The first-order valence-electron chi connectivity index (χ1n) is 3.17. The number of rotatable bonds is 1. The minimum atomic E-state index is 0.219. The molecule has 0 fully saturated rings. The molecule has 1 rings (SSSR count). The van der Waals surface area contributed by atoms with Crippen LogP contribution in [0.5, 0.6) is 0 Å². The second-order valence-corrected chi connectivity index (χ2v) is 2.04. The first-order valence-corrected chi connectivity index (χ1v) is 3.17. The molecular weight excluding hydrogens is 114 g/mol. The van der Waals surface area contributed by atoms with Gasteiger partial charge in [0.15, 0.2) is 0 Å². The lowest BCUT2D eigenvalue weighted by molar-refractivity contribution is -0.129. The highest BCUT2D eigenvalue weighted by Crippen LogP contribution is 1.99. The average molecular weight is 124 g/mol. The van der Waals surface area contributed by atoms with Crippen molar-refractivity contribution in [3.8, 4) is 0 Å². The molecule has 2 heteroatoms. The summed E-state index contributed by atoms with van der Waals surface area (Å²) in [4.78, 5) is 12.7. The van der Waals surface area contributed by atoms with Crippen molar-refractivity contribution in [1.29, 1.82) is 0 Å². The molecule has 0 aromatic rings. The fourth-order valence-electron chi connectivity index (χ4n) is 0.828. The van der Waals surface area contributed by atoms with E-state index in [1.807, 2.05) is 13.0 Å². The highest BCUT2D eigenvalue weighted by molar-refractivity contribution is 5.76. The third-order valence-corrected chi connectivity index (χ3v) is 1.39. The van der Waals surface area contributed by atoms with Crippen LogP contribution >= 0.6 is 0 Å². The first kappa shape index (κ1) is 6.33. The molecule has 0 unspecified atom stereocenters. The van der Waals surface area contributed by atoms with E-state index in [0.717, 1.165) is 6.54 Å². The standard InChI is InChI=1S/C7H10NO/c1-2-7(9)8-5-3-4-6-8/h3H,2,5-6H2,1H3. The Hall–Kier alpha value is -0.790. The molecule has 1 aliphatic rings. The van der Waals surface area contributed by atoms with Gasteiger partial charge in [-0.3, -0.25) is 4.79 Å². The second-order valence-electron chi connectivity index (χ2n) is 2.04. The monoisotopic (exact) mass is 124 g/mol. The molecule has 49 valence electrons. The highest BCUT2D eigenvalue weighted by atomic mass is 16.2. The van der Waals surface area contributed by atoms with Gasteiger partial charge < -0.3 is 4.90 Å². The molecule has 9 heavy (non-hydrogen) atoms. The zero-order valence-electron chi connectivity index (χ0n) is 5.55. The molecule has 1 aliphatic heterocycles. The van der Waals surface area contributed by atoms with Gasteiger partial charge in [-0.05, 0) is 6.08 Å². The van der Waals surface area contributed by atoms with Gasteiger partial charge in [0.25, 0.3) is 0 Å². The summed E-state index contributed by atoms with van der Waals surface area (Å²) in [6.45, 7) is 3.32. The van der Waals surface area contributed by atoms with Crippen molar-refractivity contribution in [1.82, 2.24) is 4.90 Å². The summed E-state index contributed by atoms with van der Waals surface area (Å²) in [6.07, 6.45) is 5.47. The van der Waals surface area contributed by atoms with Gasteiger partial charge in [-0.1, -0.05) is 13.0 Å². The average Bonchev–Trinajstić information content (AvgIpc) is 2.37. The quantitative estimate of drug-likeness (QED) is 0.501. The molecule has 2 nitrogen and oxygen atoms in total. The van der Waals surface area contributed by atoms with Crippen LogP contribution in [0, 0.1) is 6.08 Å². The van der Waals surface area contributed by atoms with E-state index in [0.29, 0.717) is 13.0 Å². The highest BCUT2D eigenvalue weighted by Gasteiger charge is 2.10. The zero-order valence-corrected chi connectivity index (χ0v) is 5.55. The Kier molecular flexibility index (Phi) is 1.88. The molecule has 0 saturated carbocycles. The summed E-state index contributed by atoms with van der Waals surface area (Å²) in [5.41, 5.74) is 0. The lowest BCUT2D eigenvalue weighted by atomic mass is 10.4. The molecule has 1 radical (unpaired) electrons. The SMILES string of the molecule is CCC(=O)N1C[C]=CC1. The van der Waals surface area contributed by atoms with Gasteiger partial charge in [-0.15, -0.1) is 0 Å². The molecule has 0 spiro atoms. The Bertz CT molecular complexity index is 132. The van der Waals surface area contributed by atoms with E-state index >= 15 is 0 Å². The van der Waals surface area contributed by atoms with E-state index in [1.54, 1.807) is 4.90 Å². The van der Waals surface area contributed by atoms with Crippen LogP contribution in [0.4, 0.5) is 0 Å². The maximum absolute atomic E-state index is 10.9. The summed E-state index contributed by atoms with van der Waals surface area (Å²) < 4.78 is 0. The number of carbonyl (C=O) groups is 1. The summed E-state index contributed by atoms with van der Waals surface area (Å²) >= 11 is 0. The minimum absolute atomic E-state index is 0.219. The van der Waals surface area contributed by atoms with Gasteiger partial charge in [0, 0.05) is 19.5 Å². The second kappa shape index (κ2) is 2.67. The molecule has 1 heterocycles. The third-order valence-electron chi connectivity index (χ3n) is 1.39. The fraction of sp³-hybridized carbons (Fsp3) is 0.571. The van der Waals surface area contributed by atoms with Crippen molar-refractivity contribution in [2.24, 2.45) is 0 Å². The largest absolute Gasteiger partial charge is 0.335 e. The van der Waals surface area contributed by atoms with Gasteiger partial charge in [-0.2, -0.15) is 0 Å².